The van der Waals surface area contributed by atoms with E-state index in [4.69, 9.17) is 0 Å². The molecule has 7 heteroatoms. The lowest BCUT2D eigenvalue weighted by Crippen LogP contribution is -2.17. The van der Waals surface area contributed by atoms with Gasteiger partial charge >= 0.3 is 0 Å². The molecule has 2 N–H and O–H groups in total. The molecule has 0 aromatic heterocycles. The van der Waals surface area contributed by atoms with E-state index >= 15 is 0 Å². The van der Waals surface area contributed by atoms with Crippen LogP contribution in [0, 0.1) is 10.1 Å². The number of carbonyl (C=O) groups is 1. The number of benzene rings is 2. The van der Waals surface area contributed by atoms with E-state index < -0.39 is 10.8 Å². The summed E-state index contributed by atoms with van der Waals surface area (Å²) in [5, 5.41) is 23.9. The summed E-state index contributed by atoms with van der Waals surface area (Å²) < 4.78 is 0. The van der Waals surface area contributed by atoms with E-state index in [1.165, 1.54) is 12.1 Å². The fourth-order valence-electron chi connectivity index (χ4n) is 1.57. The van der Waals surface area contributed by atoms with Crippen LogP contribution in [-0.4, -0.2) is 22.2 Å². The number of hydrazone groups is 1. The minimum Gasteiger partial charge on any atom is -0.507 e. The van der Waals surface area contributed by atoms with Gasteiger partial charge in [-0.2, -0.15) is 5.10 Å². The molecule has 0 aliphatic rings. The van der Waals surface area contributed by atoms with Gasteiger partial charge in [-0.15, -0.1) is 0 Å². The highest BCUT2D eigenvalue weighted by molar-refractivity contribution is 5.95. The van der Waals surface area contributed by atoms with Crippen molar-refractivity contribution in [3.8, 4) is 5.75 Å². The van der Waals surface area contributed by atoms with Crippen molar-refractivity contribution in [2.45, 2.75) is 0 Å². The van der Waals surface area contributed by atoms with Crippen molar-refractivity contribution in [3.05, 3.63) is 69.8 Å². The third-order valence-corrected chi connectivity index (χ3v) is 2.63. The van der Waals surface area contributed by atoms with Crippen molar-refractivity contribution in [1.29, 1.82) is 0 Å². The van der Waals surface area contributed by atoms with E-state index in [1.54, 1.807) is 30.3 Å². The van der Waals surface area contributed by atoms with Crippen molar-refractivity contribution >= 4 is 17.8 Å². The van der Waals surface area contributed by atoms with Gasteiger partial charge in [0.15, 0.2) is 0 Å². The number of phenolic OH excluding ortho intramolecular Hbond substituents is 1. The van der Waals surface area contributed by atoms with Gasteiger partial charge in [0, 0.05) is 23.3 Å². The monoisotopic (exact) mass is 285 g/mol. The fraction of sp³-hybridized carbons (Fsp3) is 0. The first-order chi connectivity index (χ1) is 10.1. The molecule has 0 saturated heterocycles. The average molecular weight is 285 g/mol. The van der Waals surface area contributed by atoms with E-state index in [-0.39, 0.29) is 17.0 Å². The Bertz CT molecular complexity index is 699. The van der Waals surface area contributed by atoms with Crippen LogP contribution in [0.4, 0.5) is 5.69 Å². The van der Waals surface area contributed by atoms with E-state index in [9.17, 15) is 20.0 Å². The molecule has 0 saturated carbocycles. The maximum absolute atomic E-state index is 11.7. The van der Waals surface area contributed by atoms with Crippen molar-refractivity contribution < 1.29 is 14.8 Å². The summed E-state index contributed by atoms with van der Waals surface area (Å²) in [6.07, 6.45) is 1.14. The van der Waals surface area contributed by atoms with Crippen molar-refractivity contribution in [1.82, 2.24) is 5.43 Å². The van der Waals surface area contributed by atoms with Gasteiger partial charge in [0.25, 0.3) is 11.6 Å². The van der Waals surface area contributed by atoms with Gasteiger partial charge in [-0.25, -0.2) is 5.43 Å². The third-order valence-electron chi connectivity index (χ3n) is 2.63. The van der Waals surface area contributed by atoms with Crippen LogP contribution in [0.3, 0.4) is 0 Å². The Balaban J connectivity index is 2.10. The van der Waals surface area contributed by atoms with E-state index in [1.807, 2.05) is 0 Å². The molecule has 7 nitrogen and oxygen atoms in total. The lowest BCUT2D eigenvalue weighted by molar-refractivity contribution is -0.384. The van der Waals surface area contributed by atoms with E-state index in [0.29, 0.717) is 5.56 Å². The zero-order valence-corrected chi connectivity index (χ0v) is 10.8. The largest absolute Gasteiger partial charge is 0.507 e. The van der Waals surface area contributed by atoms with E-state index in [0.717, 1.165) is 12.3 Å². The van der Waals surface area contributed by atoms with Crippen molar-refractivity contribution in [2.75, 3.05) is 0 Å². The molecule has 2 aromatic rings. The normalized spacial score (nSPS) is 10.5. The topological polar surface area (TPSA) is 105 Å². The summed E-state index contributed by atoms with van der Waals surface area (Å²) >= 11 is 0. The quantitative estimate of drug-likeness (QED) is 0.509. The number of nitrogens with zero attached hydrogens (tertiary/aromatic N) is 2. The molecular weight excluding hydrogens is 274 g/mol. The van der Waals surface area contributed by atoms with Gasteiger partial charge in [-0.1, -0.05) is 18.2 Å². The molecule has 106 valence electrons. The first-order valence-electron chi connectivity index (χ1n) is 5.94. The zero-order valence-electron chi connectivity index (χ0n) is 10.8. The number of hydrogen-bond acceptors (Lipinski definition) is 5. The molecule has 0 bridgehead atoms. The van der Waals surface area contributed by atoms with Crippen LogP contribution >= 0.6 is 0 Å². The first kappa shape index (κ1) is 14.2. The number of non-ortho nitro benzene ring substituents is 1. The van der Waals surface area contributed by atoms with Crippen LogP contribution in [0.15, 0.2) is 53.6 Å². The molecule has 0 spiro atoms. The zero-order chi connectivity index (χ0) is 15.2. The SMILES string of the molecule is O=C(NN=Cc1cc([N+](=O)[O-])ccc1O)c1ccccc1. The predicted octanol–water partition coefficient (Wildman–Crippen LogP) is 2.06. The summed E-state index contributed by atoms with van der Waals surface area (Å²) in [5.74, 6) is -0.588. The Morgan fingerprint density at radius 2 is 1.95 bits per heavy atom. The highest BCUT2D eigenvalue weighted by atomic mass is 16.6. The van der Waals surface area contributed by atoms with Crippen molar-refractivity contribution in [2.24, 2.45) is 5.10 Å². The molecule has 0 radical (unpaired) electrons. The number of nitro benzene ring substituents is 1. The summed E-state index contributed by atoms with van der Waals surface area (Å²) in [4.78, 5) is 21.8. The maximum Gasteiger partial charge on any atom is 0.271 e. The van der Waals surface area contributed by atoms with Crippen LogP contribution in [0.5, 0.6) is 5.75 Å². The first-order valence-corrected chi connectivity index (χ1v) is 5.94. The Morgan fingerprint density at radius 1 is 1.24 bits per heavy atom. The number of carbonyl (C=O) groups excluding carboxylic acids is 1. The molecule has 0 heterocycles. The standard InChI is InChI=1S/C14H11N3O4/c18-13-7-6-12(17(20)21)8-11(13)9-15-16-14(19)10-4-2-1-3-5-10/h1-9,18H,(H,16,19). The number of aromatic hydroxyl groups is 1. The fourth-order valence-corrected chi connectivity index (χ4v) is 1.57. The minimum absolute atomic E-state index is 0.137. The average Bonchev–Trinajstić information content (AvgIpc) is 2.49. The van der Waals surface area contributed by atoms with Gasteiger partial charge in [-0.05, 0) is 18.2 Å². The summed E-state index contributed by atoms with van der Waals surface area (Å²) in [6.45, 7) is 0. The Labute approximate surface area is 119 Å². The Morgan fingerprint density at radius 3 is 2.62 bits per heavy atom. The predicted molar refractivity (Wildman–Crippen MR) is 76.3 cm³/mol. The Kier molecular flexibility index (Phi) is 4.25. The summed E-state index contributed by atoms with van der Waals surface area (Å²) in [5.41, 5.74) is 2.66. The molecule has 0 aliphatic heterocycles. The summed E-state index contributed by atoms with van der Waals surface area (Å²) in [7, 11) is 0. The van der Waals surface area contributed by atoms with Gasteiger partial charge in [0.2, 0.25) is 0 Å². The van der Waals surface area contributed by atoms with Crippen LogP contribution in [-0.2, 0) is 0 Å². The molecule has 2 aromatic carbocycles. The summed E-state index contributed by atoms with van der Waals surface area (Å²) in [6, 6.07) is 12.0. The van der Waals surface area contributed by atoms with Crippen LogP contribution in [0.25, 0.3) is 0 Å². The molecule has 1 amide bonds. The lowest BCUT2D eigenvalue weighted by Gasteiger charge is -2.00. The minimum atomic E-state index is -0.584. The van der Waals surface area contributed by atoms with Gasteiger partial charge in [-0.3, -0.25) is 14.9 Å². The number of amides is 1. The number of rotatable bonds is 4. The smallest absolute Gasteiger partial charge is 0.271 e. The highest BCUT2D eigenvalue weighted by Crippen LogP contribution is 2.21. The van der Waals surface area contributed by atoms with Crippen LogP contribution in [0.2, 0.25) is 0 Å². The van der Waals surface area contributed by atoms with Crippen LogP contribution < -0.4 is 5.43 Å². The van der Waals surface area contributed by atoms with E-state index in [2.05, 4.69) is 10.5 Å². The number of nitro groups is 1. The second-order valence-corrected chi connectivity index (χ2v) is 4.07. The third kappa shape index (κ3) is 3.63. The van der Waals surface area contributed by atoms with Gasteiger partial charge in [0.05, 0.1) is 11.1 Å². The van der Waals surface area contributed by atoms with Gasteiger partial charge < -0.3 is 5.11 Å². The van der Waals surface area contributed by atoms with Crippen molar-refractivity contribution in [3.63, 3.8) is 0 Å². The molecule has 2 rings (SSSR count). The number of hydrogen-bond donors (Lipinski definition) is 2. The molecule has 0 atom stereocenters. The second-order valence-electron chi connectivity index (χ2n) is 4.07. The second kappa shape index (κ2) is 6.29. The highest BCUT2D eigenvalue weighted by Gasteiger charge is 2.09. The van der Waals surface area contributed by atoms with Gasteiger partial charge in [0.1, 0.15) is 5.75 Å². The molecule has 21 heavy (non-hydrogen) atoms. The van der Waals surface area contributed by atoms with Crippen LogP contribution in [0.1, 0.15) is 15.9 Å². The lowest BCUT2D eigenvalue weighted by atomic mass is 10.2. The molecular formula is C14H11N3O4. The maximum atomic E-state index is 11.7. The number of phenols is 1. The Hall–Kier alpha value is -3.22. The molecule has 0 aliphatic carbocycles. The molecule has 0 fully saturated rings. The molecule has 0 unspecified atom stereocenters. The number of nitrogens with one attached hydrogen (secondary N) is 1.